The highest BCUT2D eigenvalue weighted by Gasteiger charge is 2.16. The maximum absolute atomic E-state index is 13.7. The van der Waals surface area contributed by atoms with Gasteiger partial charge in [0.2, 0.25) is 0 Å². The maximum atomic E-state index is 13.7. The highest BCUT2D eigenvalue weighted by atomic mass is 79.9. The number of aromatic nitrogens is 2. The Morgan fingerprint density at radius 3 is 2.63 bits per heavy atom. The minimum Gasteiger partial charge on any atom is -0.267 e. The summed E-state index contributed by atoms with van der Waals surface area (Å²) in [5.74, 6) is -1.50. The molecule has 0 radical (unpaired) electrons. The van der Waals surface area contributed by atoms with Crippen molar-refractivity contribution in [3.05, 3.63) is 46.2 Å². The van der Waals surface area contributed by atoms with Crippen LogP contribution in [-0.4, -0.2) is 18.2 Å². The van der Waals surface area contributed by atoms with Crippen molar-refractivity contribution in [3.63, 3.8) is 0 Å². The van der Waals surface area contributed by atoms with Crippen LogP contribution in [0.5, 0.6) is 0 Å². The maximum Gasteiger partial charge on any atom is 0.264 e. The summed E-state index contributed by atoms with van der Waals surface area (Å²) in [7, 11) is 1.22. The molecule has 2 aromatic rings. The van der Waals surface area contributed by atoms with Gasteiger partial charge < -0.3 is 0 Å². The van der Waals surface area contributed by atoms with Crippen molar-refractivity contribution in [3.8, 4) is 0 Å². The molecule has 102 valence electrons. The lowest BCUT2D eigenvalue weighted by Gasteiger charge is -2.06. The fourth-order valence-corrected chi connectivity index (χ4v) is 2.46. The van der Waals surface area contributed by atoms with Gasteiger partial charge in [-0.05, 0) is 28.1 Å². The van der Waals surface area contributed by atoms with Gasteiger partial charge in [-0.25, -0.2) is 17.2 Å². The second-order valence-corrected chi connectivity index (χ2v) is 7.05. The highest BCUT2D eigenvalue weighted by Crippen LogP contribution is 2.23. The lowest BCUT2D eigenvalue weighted by atomic mass is 10.2. The zero-order valence-corrected chi connectivity index (χ0v) is 12.3. The number of hydrogen-bond donors (Lipinski definition) is 0. The molecule has 0 N–H and O–H groups in total. The van der Waals surface area contributed by atoms with Crippen LogP contribution in [0.2, 0.25) is 0 Å². The minimum atomic E-state index is -3.91. The van der Waals surface area contributed by atoms with Crippen molar-refractivity contribution in [1.82, 2.24) is 9.78 Å². The van der Waals surface area contributed by atoms with E-state index >= 15 is 0 Å². The molecule has 2 rings (SSSR count). The van der Waals surface area contributed by atoms with E-state index < -0.39 is 20.7 Å². The van der Waals surface area contributed by atoms with E-state index in [9.17, 15) is 17.2 Å². The van der Waals surface area contributed by atoms with Crippen LogP contribution in [0.1, 0.15) is 5.56 Å². The average molecular weight is 372 g/mol. The van der Waals surface area contributed by atoms with Crippen molar-refractivity contribution in [2.24, 2.45) is 0 Å². The second kappa shape index (κ2) is 5.18. The molecular formula is C10H6BrClF2N2O2S. The molecule has 1 aromatic carbocycles. The van der Waals surface area contributed by atoms with Gasteiger partial charge in [-0.2, -0.15) is 5.10 Å². The molecule has 0 aliphatic carbocycles. The Balaban J connectivity index is 2.37. The first-order valence-electron chi connectivity index (χ1n) is 4.88. The molecule has 0 amide bonds. The number of rotatable bonds is 3. The van der Waals surface area contributed by atoms with E-state index in [1.165, 1.54) is 6.07 Å². The van der Waals surface area contributed by atoms with E-state index in [-0.39, 0.29) is 21.5 Å². The predicted molar refractivity (Wildman–Crippen MR) is 68.4 cm³/mol. The van der Waals surface area contributed by atoms with Crippen LogP contribution in [0, 0.1) is 11.6 Å². The van der Waals surface area contributed by atoms with Crippen molar-refractivity contribution in [2.75, 3.05) is 0 Å². The van der Waals surface area contributed by atoms with E-state index in [0.29, 0.717) is 0 Å². The molecule has 0 bridgehead atoms. The summed E-state index contributed by atoms with van der Waals surface area (Å²) in [4.78, 5) is -0.232. The van der Waals surface area contributed by atoms with Crippen LogP contribution in [0.4, 0.5) is 8.78 Å². The number of halogens is 4. The molecule has 0 fully saturated rings. The molecular weight excluding hydrogens is 366 g/mol. The summed E-state index contributed by atoms with van der Waals surface area (Å²) in [5.41, 5.74) is -0.226. The van der Waals surface area contributed by atoms with Crippen LogP contribution in [0.3, 0.4) is 0 Å². The zero-order chi connectivity index (χ0) is 14.2. The van der Waals surface area contributed by atoms with Crippen LogP contribution in [-0.2, 0) is 15.6 Å². The van der Waals surface area contributed by atoms with Gasteiger partial charge in [0, 0.05) is 22.4 Å². The van der Waals surface area contributed by atoms with Crippen molar-refractivity contribution < 1.29 is 17.2 Å². The molecule has 0 saturated carbocycles. The Kier molecular flexibility index (Phi) is 3.93. The Hall–Kier alpha value is -0.990. The molecule has 0 saturated heterocycles. The third-order valence-electron chi connectivity index (χ3n) is 2.35. The molecule has 0 unspecified atom stereocenters. The molecule has 19 heavy (non-hydrogen) atoms. The van der Waals surface area contributed by atoms with E-state index in [1.54, 1.807) is 0 Å². The fourth-order valence-electron chi connectivity index (χ4n) is 1.43. The third kappa shape index (κ3) is 3.13. The van der Waals surface area contributed by atoms with Gasteiger partial charge in [0.1, 0.15) is 16.5 Å². The molecule has 4 nitrogen and oxygen atoms in total. The van der Waals surface area contributed by atoms with Crippen molar-refractivity contribution >= 4 is 35.7 Å². The molecule has 1 heterocycles. The second-order valence-electron chi connectivity index (χ2n) is 3.63. The standard InChI is InChI=1S/C10H6BrClF2N2O2S/c11-8-1-2-9(13)7(10(8)14)5-16-4-6(3-15-16)19(12,17)18/h1-4H,5H2. The Labute approximate surface area is 120 Å². The quantitative estimate of drug-likeness (QED) is 0.616. The fraction of sp³-hybridized carbons (Fsp3) is 0.100. The molecule has 0 aliphatic rings. The number of nitrogens with zero attached hydrogens (tertiary/aromatic N) is 2. The molecule has 0 spiro atoms. The van der Waals surface area contributed by atoms with Crippen molar-refractivity contribution in [1.29, 1.82) is 0 Å². The smallest absolute Gasteiger partial charge is 0.264 e. The lowest BCUT2D eigenvalue weighted by Crippen LogP contribution is -2.05. The SMILES string of the molecule is O=S(=O)(Cl)c1cnn(Cc2c(F)ccc(Br)c2F)c1. The number of benzene rings is 1. The summed E-state index contributed by atoms with van der Waals surface area (Å²) in [6.07, 6.45) is 2.11. The Morgan fingerprint density at radius 1 is 1.37 bits per heavy atom. The van der Waals surface area contributed by atoms with E-state index in [2.05, 4.69) is 21.0 Å². The summed E-state index contributed by atoms with van der Waals surface area (Å²) >= 11 is 2.94. The lowest BCUT2D eigenvalue weighted by molar-refractivity contribution is 0.529. The summed E-state index contributed by atoms with van der Waals surface area (Å²) in [5, 5.41) is 3.69. The molecule has 0 atom stereocenters. The molecule has 9 heteroatoms. The third-order valence-corrected chi connectivity index (χ3v) is 4.27. The Bertz CT molecular complexity index is 733. The highest BCUT2D eigenvalue weighted by molar-refractivity contribution is 9.10. The van der Waals surface area contributed by atoms with Crippen LogP contribution >= 0.6 is 26.6 Å². The normalized spacial score (nSPS) is 11.8. The predicted octanol–water partition coefficient (Wildman–Crippen LogP) is 2.90. The summed E-state index contributed by atoms with van der Waals surface area (Å²) < 4.78 is 50.5. The topological polar surface area (TPSA) is 52.0 Å². The van der Waals surface area contributed by atoms with Gasteiger partial charge in [0.15, 0.2) is 0 Å². The first-order chi connectivity index (χ1) is 8.79. The zero-order valence-electron chi connectivity index (χ0n) is 9.15. The minimum absolute atomic E-state index is 0.112. The number of hydrogen-bond acceptors (Lipinski definition) is 3. The van der Waals surface area contributed by atoms with Crippen LogP contribution in [0.15, 0.2) is 33.9 Å². The molecule has 1 aromatic heterocycles. The first kappa shape index (κ1) is 14.4. The van der Waals surface area contributed by atoms with Gasteiger partial charge >= 0.3 is 0 Å². The van der Waals surface area contributed by atoms with E-state index in [4.69, 9.17) is 10.7 Å². The average Bonchev–Trinajstić information content (AvgIpc) is 2.78. The van der Waals surface area contributed by atoms with Gasteiger partial charge in [0.25, 0.3) is 9.05 Å². The van der Waals surface area contributed by atoms with Crippen LogP contribution in [0.25, 0.3) is 0 Å². The van der Waals surface area contributed by atoms with E-state index in [0.717, 1.165) is 23.1 Å². The van der Waals surface area contributed by atoms with Gasteiger partial charge in [-0.3, -0.25) is 4.68 Å². The van der Waals surface area contributed by atoms with Crippen molar-refractivity contribution in [2.45, 2.75) is 11.4 Å². The van der Waals surface area contributed by atoms with Gasteiger partial charge in [-0.15, -0.1) is 0 Å². The summed E-state index contributed by atoms with van der Waals surface area (Å²) in [6.45, 7) is -0.247. The van der Waals surface area contributed by atoms with Gasteiger partial charge in [0.05, 0.1) is 17.2 Å². The van der Waals surface area contributed by atoms with Gasteiger partial charge in [-0.1, -0.05) is 0 Å². The first-order valence-corrected chi connectivity index (χ1v) is 7.99. The Morgan fingerprint density at radius 2 is 2.05 bits per heavy atom. The van der Waals surface area contributed by atoms with Crippen LogP contribution < -0.4 is 0 Å². The summed E-state index contributed by atoms with van der Waals surface area (Å²) in [6, 6.07) is 2.34. The monoisotopic (exact) mass is 370 g/mol. The largest absolute Gasteiger partial charge is 0.267 e. The molecule has 0 aliphatic heterocycles. The van der Waals surface area contributed by atoms with E-state index in [1.807, 2.05) is 0 Å².